The summed E-state index contributed by atoms with van der Waals surface area (Å²) in [6.45, 7) is 0.417. The fraction of sp³-hybridized carbons (Fsp3) is 0.133. The van der Waals surface area contributed by atoms with Crippen LogP contribution in [0.2, 0.25) is 0 Å². The Balaban J connectivity index is 2.17. The molecular weight excluding hydrogens is 212 g/mol. The minimum Gasteiger partial charge on any atom is -0.456 e. The van der Waals surface area contributed by atoms with Crippen LogP contribution in [0.1, 0.15) is 18.4 Å². The molecule has 0 spiro atoms. The van der Waals surface area contributed by atoms with E-state index >= 15 is 0 Å². The summed E-state index contributed by atoms with van der Waals surface area (Å²) in [6, 6.07) is 15.9. The highest BCUT2D eigenvalue weighted by Gasteiger charge is 2.28. The molecule has 2 aromatic rings. The van der Waals surface area contributed by atoms with Crippen molar-refractivity contribution in [3.8, 4) is 11.1 Å². The fourth-order valence-corrected chi connectivity index (χ4v) is 2.44. The Labute approximate surface area is 101 Å². The van der Waals surface area contributed by atoms with Gasteiger partial charge in [0.2, 0.25) is 0 Å². The van der Waals surface area contributed by atoms with Gasteiger partial charge in [0, 0.05) is 5.92 Å². The van der Waals surface area contributed by atoms with Crippen LogP contribution in [0.4, 0.5) is 0 Å². The van der Waals surface area contributed by atoms with Gasteiger partial charge in [-0.2, -0.15) is 0 Å². The molecule has 0 aliphatic heterocycles. The number of ether oxygens (including phenoxy) is 1. The molecule has 0 bridgehead atoms. The molecule has 0 fully saturated rings. The van der Waals surface area contributed by atoms with E-state index in [-0.39, 0.29) is 5.92 Å². The predicted octanol–water partition coefficient (Wildman–Crippen LogP) is 2.88. The van der Waals surface area contributed by atoms with Crippen LogP contribution in [0.25, 0.3) is 11.1 Å². The molecule has 2 nitrogen and oxygen atoms in total. The summed E-state index contributed by atoms with van der Waals surface area (Å²) < 4.78 is 12.6. The third-order valence-corrected chi connectivity index (χ3v) is 3.13. The monoisotopic (exact) mass is 224 g/mol. The van der Waals surface area contributed by atoms with Gasteiger partial charge in [-0.05, 0) is 22.3 Å². The maximum Gasteiger partial charge on any atom is 0.417 e. The third kappa shape index (κ3) is 1.53. The average molecular weight is 224 g/mol. The van der Waals surface area contributed by atoms with Crippen LogP contribution in [0, 0.1) is 0 Å². The fourth-order valence-electron chi connectivity index (χ4n) is 2.44. The lowest BCUT2D eigenvalue weighted by molar-refractivity contribution is 0.268. The standard InChI is InChI=1S/C15H11O2/c16-10-17-9-15-13-7-3-1-5-11(13)12-6-2-4-8-14(12)15/h1-8,15H,9H2/i9D. The highest BCUT2D eigenvalue weighted by atomic mass is 16.5. The summed E-state index contributed by atoms with van der Waals surface area (Å²) in [7, 11) is 0. The van der Waals surface area contributed by atoms with E-state index in [1.165, 1.54) is 6.47 Å². The van der Waals surface area contributed by atoms with Crippen molar-refractivity contribution < 1.29 is 10.9 Å². The Morgan fingerprint density at radius 1 is 1.06 bits per heavy atom. The normalized spacial score (nSPS) is 15.6. The van der Waals surface area contributed by atoms with Crippen LogP contribution in [-0.2, 0) is 9.53 Å². The molecule has 1 atom stereocenters. The second-order valence-corrected chi connectivity index (χ2v) is 3.99. The lowest BCUT2D eigenvalue weighted by Crippen LogP contribution is -2.05. The highest BCUT2D eigenvalue weighted by molar-refractivity contribution is 5.78. The lowest BCUT2D eigenvalue weighted by Gasteiger charge is -2.11. The van der Waals surface area contributed by atoms with E-state index < -0.39 is 6.58 Å². The van der Waals surface area contributed by atoms with Gasteiger partial charge in [0.15, 0.2) is 0 Å². The van der Waals surface area contributed by atoms with E-state index in [9.17, 15) is 4.79 Å². The number of benzene rings is 2. The summed E-state index contributed by atoms with van der Waals surface area (Å²) in [5.74, 6) is -0.223. The molecule has 1 aliphatic rings. The van der Waals surface area contributed by atoms with E-state index in [1.807, 2.05) is 48.5 Å². The molecule has 83 valence electrons. The van der Waals surface area contributed by atoms with Crippen molar-refractivity contribution in [2.75, 3.05) is 6.58 Å². The van der Waals surface area contributed by atoms with E-state index in [0.717, 1.165) is 22.3 Å². The van der Waals surface area contributed by atoms with Gasteiger partial charge in [0.05, 0.1) is 1.37 Å². The van der Waals surface area contributed by atoms with Crippen molar-refractivity contribution in [2.24, 2.45) is 0 Å². The molecule has 1 aliphatic carbocycles. The largest absolute Gasteiger partial charge is 0.456 e. The molecule has 3 rings (SSSR count). The first-order chi connectivity index (χ1) is 8.83. The number of rotatable bonds is 3. The Morgan fingerprint density at radius 3 is 2.12 bits per heavy atom. The number of hydrogen-bond acceptors (Lipinski definition) is 2. The van der Waals surface area contributed by atoms with E-state index in [4.69, 9.17) is 6.11 Å². The SMILES string of the molecule is [2H]C(O[C]=O)C1c2ccccc2-c2ccccc21. The van der Waals surface area contributed by atoms with Crippen LogP contribution >= 0.6 is 0 Å². The quantitative estimate of drug-likeness (QED) is 0.801. The predicted molar refractivity (Wildman–Crippen MR) is 65.4 cm³/mol. The Hall–Kier alpha value is -2.09. The molecule has 2 heteroatoms. The van der Waals surface area contributed by atoms with Gasteiger partial charge < -0.3 is 4.74 Å². The molecule has 1 unspecified atom stereocenters. The molecule has 0 amide bonds. The van der Waals surface area contributed by atoms with Crippen LogP contribution in [0.5, 0.6) is 0 Å². The lowest BCUT2D eigenvalue weighted by atomic mass is 9.98. The minimum absolute atomic E-state index is 0.223. The molecule has 0 saturated carbocycles. The Bertz CT molecular complexity index is 549. The Morgan fingerprint density at radius 2 is 1.59 bits per heavy atom. The van der Waals surface area contributed by atoms with Gasteiger partial charge in [-0.3, -0.25) is 0 Å². The molecule has 0 saturated heterocycles. The van der Waals surface area contributed by atoms with Crippen molar-refractivity contribution in [1.82, 2.24) is 0 Å². The van der Waals surface area contributed by atoms with Crippen LogP contribution in [0.3, 0.4) is 0 Å². The van der Waals surface area contributed by atoms with Gasteiger partial charge in [0.1, 0.15) is 6.58 Å². The van der Waals surface area contributed by atoms with E-state index in [0.29, 0.717) is 0 Å². The van der Waals surface area contributed by atoms with Crippen molar-refractivity contribution in [2.45, 2.75) is 5.92 Å². The third-order valence-electron chi connectivity index (χ3n) is 3.13. The van der Waals surface area contributed by atoms with Crippen LogP contribution in [0.15, 0.2) is 48.5 Å². The van der Waals surface area contributed by atoms with Gasteiger partial charge >= 0.3 is 6.47 Å². The van der Waals surface area contributed by atoms with E-state index in [1.54, 1.807) is 0 Å². The zero-order valence-corrected chi connectivity index (χ0v) is 9.09. The maximum atomic E-state index is 10.3. The summed E-state index contributed by atoms with van der Waals surface area (Å²) in [5.41, 5.74) is 4.30. The van der Waals surface area contributed by atoms with Gasteiger partial charge in [-0.1, -0.05) is 48.5 Å². The van der Waals surface area contributed by atoms with Crippen molar-refractivity contribution in [3.63, 3.8) is 0 Å². The van der Waals surface area contributed by atoms with Gasteiger partial charge in [0.25, 0.3) is 0 Å². The molecule has 0 N–H and O–H groups in total. The molecule has 0 aromatic heterocycles. The van der Waals surface area contributed by atoms with Crippen molar-refractivity contribution >= 4 is 6.47 Å². The van der Waals surface area contributed by atoms with Gasteiger partial charge in [-0.15, -0.1) is 0 Å². The number of carbonyl (C=O) groups excluding carboxylic acids is 1. The van der Waals surface area contributed by atoms with E-state index in [2.05, 4.69) is 0 Å². The first-order valence-electron chi connectivity index (χ1n) is 6.04. The number of hydrogen-bond donors (Lipinski definition) is 0. The molecular formula is C15H11O2. The molecule has 2 aromatic carbocycles. The second kappa shape index (κ2) is 4.06. The van der Waals surface area contributed by atoms with Gasteiger partial charge in [-0.25, -0.2) is 4.79 Å². The maximum absolute atomic E-state index is 10.3. The minimum atomic E-state index is -0.952. The topological polar surface area (TPSA) is 26.3 Å². The zero-order valence-electron chi connectivity index (χ0n) is 10.1. The molecule has 17 heavy (non-hydrogen) atoms. The highest BCUT2D eigenvalue weighted by Crippen LogP contribution is 2.44. The van der Waals surface area contributed by atoms with Crippen LogP contribution < -0.4 is 0 Å². The first-order valence-corrected chi connectivity index (χ1v) is 5.46. The average Bonchev–Trinajstić information content (AvgIpc) is 2.73. The molecule has 0 heterocycles. The smallest absolute Gasteiger partial charge is 0.417 e. The Kier molecular flexibility index (Phi) is 2.15. The summed E-state index contributed by atoms with van der Waals surface area (Å²) in [5, 5.41) is 0. The number of fused-ring (bicyclic) bond motifs is 3. The van der Waals surface area contributed by atoms with Crippen molar-refractivity contribution in [3.05, 3.63) is 59.7 Å². The summed E-state index contributed by atoms with van der Waals surface area (Å²) >= 11 is 0. The zero-order chi connectivity index (χ0) is 12.5. The van der Waals surface area contributed by atoms with Crippen molar-refractivity contribution in [1.29, 1.82) is 0 Å². The summed E-state index contributed by atoms with van der Waals surface area (Å²) in [6.07, 6.45) is 0. The van der Waals surface area contributed by atoms with Crippen LogP contribution in [-0.4, -0.2) is 13.1 Å². The summed E-state index contributed by atoms with van der Waals surface area (Å²) in [4.78, 5) is 10.3. The molecule has 1 radical (unpaired) electrons. The first kappa shape index (κ1) is 8.99. The second-order valence-electron chi connectivity index (χ2n) is 3.99.